The molecule has 14 rings (SSSR count). The molecule has 0 atom stereocenters. The van der Waals surface area contributed by atoms with Gasteiger partial charge in [0.1, 0.15) is 0 Å². The van der Waals surface area contributed by atoms with E-state index in [2.05, 4.69) is 238 Å². The highest BCUT2D eigenvalue weighted by Crippen LogP contribution is 2.43. The van der Waals surface area contributed by atoms with Crippen molar-refractivity contribution in [3.63, 3.8) is 0 Å². The van der Waals surface area contributed by atoms with E-state index in [1.807, 2.05) is 24.3 Å². The Balaban J connectivity index is 1.06. The molecule has 5 heteroatoms. The third kappa shape index (κ3) is 6.25. The first kappa shape index (κ1) is 38.9. The molecule has 0 fully saturated rings. The van der Waals surface area contributed by atoms with Gasteiger partial charge in [-0.25, -0.2) is 9.97 Å². The molecule has 0 aliphatic rings. The standard InChI is InChI=1S/C64H41N5/c1-4-19-42(20-5-1)55-40-56(66-64(65-55)43-21-6-2-7-22-43)45-35-36-61(52(38-45)44-23-18-26-47(37-44)68-57-31-14-10-27-48(57)49-28-11-15-32-58(49)68)69-60-34-17-13-30-51(60)54-39-53-50-29-12-16-33-59(50)67(62(53)41-63(54)69)46-24-8-3-9-25-46/h1-41H. The average Bonchev–Trinajstić information content (AvgIpc) is 4.06. The van der Waals surface area contributed by atoms with E-state index in [4.69, 9.17) is 9.97 Å². The van der Waals surface area contributed by atoms with Crippen molar-refractivity contribution in [3.05, 3.63) is 249 Å². The van der Waals surface area contributed by atoms with E-state index in [9.17, 15) is 0 Å². The topological polar surface area (TPSA) is 40.6 Å². The third-order valence-electron chi connectivity index (χ3n) is 13.8. The van der Waals surface area contributed by atoms with Gasteiger partial charge in [-0.3, -0.25) is 0 Å². The molecule has 69 heavy (non-hydrogen) atoms. The molecule has 10 aromatic carbocycles. The van der Waals surface area contributed by atoms with Gasteiger partial charge < -0.3 is 13.7 Å². The molecule has 0 saturated heterocycles. The van der Waals surface area contributed by atoms with Crippen LogP contribution in [0.5, 0.6) is 0 Å². The predicted molar refractivity (Wildman–Crippen MR) is 287 cm³/mol. The Labute approximate surface area is 398 Å². The molecule has 322 valence electrons. The first-order chi connectivity index (χ1) is 34.2. The van der Waals surface area contributed by atoms with E-state index in [0.29, 0.717) is 5.82 Å². The first-order valence-electron chi connectivity index (χ1n) is 23.5. The molecule has 14 aromatic rings. The monoisotopic (exact) mass is 879 g/mol. The summed E-state index contributed by atoms with van der Waals surface area (Å²) in [4.78, 5) is 10.5. The number of aromatic nitrogens is 5. The van der Waals surface area contributed by atoms with Gasteiger partial charge in [-0.1, -0.05) is 170 Å². The van der Waals surface area contributed by atoms with Crippen molar-refractivity contribution >= 4 is 65.4 Å². The highest BCUT2D eigenvalue weighted by Gasteiger charge is 2.22. The van der Waals surface area contributed by atoms with Crippen LogP contribution in [0.3, 0.4) is 0 Å². The Morgan fingerprint density at radius 1 is 0.246 bits per heavy atom. The minimum Gasteiger partial charge on any atom is -0.309 e. The minimum atomic E-state index is 0.686. The fourth-order valence-corrected chi connectivity index (χ4v) is 10.7. The molecule has 5 nitrogen and oxygen atoms in total. The predicted octanol–water partition coefficient (Wildman–Crippen LogP) is 16.4. The van der Waals surface area contributed by atoms with E-state index < -0.39 is 0 Å². The molecule has 0 N–H and O–H groups in total. The molecule has 4 heterocycles. The second-order valence-corrected chi connectivity index (χ2v) is 17.8. The number of hydrogen-bond acceptors (Lipinski definition) is 2. The fraction of sp³-hybridized carbons (Fsp3) is 0. The third-order valence-corrected chi connectivity index (χ3v) is 13.8. The van der Waals surface area contributed by atoms with E-state index >= 15 is 0 Å². The van der Waals surface area contributed by atoms with E-state index in [1.54, 1.807) is 0 Å². The number of para-hydroxylation sites is 5. The first-order valence-corrected chi connectivity index (χ1v) is 23.5. The summed E-state index contributed by atoms with van der Waals surface area (Å²) in [5.74, 6) is 0.686. The van der Waals surface area contributed by atoms with Crippen LogP contribution in [0.2, 0.25) is 0 Å². The fourth-order valence-electron chi connectivity index (χ4n) is 10.7. The number of fused-ring (bicyclic) bond motifs is 9. The zero-order valence-corrected chi connectivity index (χ0v) is 37.4. The SMILES string of the molecule is c1ccc(-c2cc(-c3ccc(-n4c5ccccc5c5cc6c7ccccc7n(-c7ccccc7)c6cc54)c(-c4cccc(-n5c6ccccc6c6ccccc65)c4)c3)nc(-c3ccccc3)n2)cc1. The lowest BCUT2D eigenvalue weighted by Crippen LogP contribution is -2.01. The zero-order chi connectivity index (χ0) is 45.4. The van der Waals surface area contributed by atoms with Crippen LogP contribution in [0.1, 0.15) is 0 Å². The minimum absolute atomic E-state index is 0.686. The van der Waals surface area contributed by atoms with Crippen LogP contribution >= 0.6 is 0 Å². The lowest BCUT2D eigenvalue weighted by molar-refractivity contribution is 1.16. The maximum atomic E-state index is 5.32. The van der Waals surface area contributed by atoms with Crippen molar-refractivity contribution in [1.29, 1.82) is 0 Å². The van der Waals surface area contributed by atoms with Gasteiger partial charge >= 0.3 is 0 Å². The molecule has 0 spiro atoms. The largest absolute Gasteiger partial charge is 0.309 e. The molecular weight excluding hydrogens is 839 g/mol. The Morgan fingerprint density at radius 3 is 1.30 bits per heavy atom. The Kier molecular flexibility index (Phi) is 8.83. The van der Waals surface area contributed by atoms with Gasteiger partial charge in [0.15, 0.2) is 5.82 Å². The van der Waals surface area contributed by atoms with Crippen LogP contribution in [0.25, 0.3) is 128 Å². The number of nitrogens with zero attached hydrogens (tertiary/aromatic N) is 5. The van der Waals surface area contributed by atoms with Gasteiger partial charge in [0, 0.05) is 65.9 Å². The lowest BCUT2D eigenvalue weighted by atomic mass is 9.97. The molecule has 0 aliphatic carbocycles. The summed E-state index contributed by atoms with van der Waals surface area (Å²) in [6.07, 6.45) is 0. The van der Waals surface area contributed by atoms with E-state index in [-0.39, 0.29) is 0 Å². The van der Waals surface area contributed by atoms with Crippen molar-refractivity contribution in [2.24, 2.45) is 0 Å². The van der Waals surface area contributed by atoms with Gasteiger partial charge in [-0.05, 0) is 84.4 Å². The average molecular weight is 880 g/mol. The van der Waals surface area contributed by atoms with Gasteiger partial charge in [-0.15, -0.1) is 0 Å². The summed E-state index contributed by atoms with van der Waals surface area (Å²) < 4.78 is 7.29. The second kappa shape index (κ2) is 15.7. The van der Waals surface area contributed by atoms with Crippen molar-refractivity contribution in [1.82, 2.24) is 23.7 Å². The molecule has 0 saturated carbocycles. The van der Waals surface area contributed by atoms with Crippen LogP contribution in [-0.4, -0.2) is 23.7 Å². The van der Waals surface area contributed by atoms with Crippen LogP contribution < -0.4 is 0 Å². The molecule has 0 unspecified atom stereocenters. The van der Waals surface area contributed by atoms with Crippen LogP contribution in [-0.2, 0) is 0 Å². The van der Waals surface area contributed by atoms with Crippen molar-refractivity contribution in [2.45, 2.75) is 0 Å². The van der Waals surface area contributed by atoms with Gasteiger partial charge in [-0.2, -0.15) is 0 Å². The Morgan fingerprint density at radius 2 is 0.696 bits per heavy atom. The Bertz CT molecular complexity index is 4180. The van der Waals surface area contributed by atoms with Gasteiger partial charge in [0.25, 0.3) is 0 Å². The van der Waals surface area contributed by atoms with Gasteiger partial charge in [0.05, 0.1) is 50.2 Å². The summed E-state index contributed by atoms with van der Waals surface area (Å²) >= 11 is 0. The molecule has 4 aromatic heterocycles. The maximum Gasteiger partial charge on any atom is 0.160 e. The van der Waals surface area contributed by atoms with Crippen LogP contribution in [0.15, 0.2) is 249 Å². The van der Waals surface area contributed by atoms with Crippen molar-refractivity contribution in [2.75, 3.05) is 0 Å². The molecular formula is C64H41N5. The van der Waals surface area contributed by atoms with E-state index in [0.717, 1.165) is 72.8 Å². The molecule has 0 bridgehead atoms. The number of benzene rings is 10. The summed E-state index contributed by atoms with van der Waals surface area (Å²) in [5, 5.41) is 7.34. The smallest absolute Gasteiger partial charge is 0.160 e. The summed E-state index contributed by atoms with van der Waals surface area (Å²) in [7, 11) is 0. The highest BCUT2D eigenvalue weighted by molar-refractivity contribution is 6.19. The maximum absolute atomic E-state index is 5.32. The second-order valence-electron chi connectivity index (χ2n) is 17.8. The van der Waals surface area contributed by atoms with Gasteiger partial charge in [0.2, 0.25) is 0 Å². The lowest BCUT2D eigenvalue weighted by Gasteiger charge is -2.18. The zero-order valence-electron chi connectivity index (χ0n) is 37.4. The summed E-state index contributed by atoms with van der Waals surface area (Å²) in [6.45, 7) is 0. The molecule has 0 radical (unpaired) electrons. The molecule has 0 aliphatic heterocycles. The quantitative estimate of drug-likeness (QED) is 0.160. The normalized spacial score (nSPS) is 11.8. The van der Waals surface area contributed by atoms with E-state index in [1.165, 1.54) is 48.9 Å². The summed E-state index contributed by atoms with van der Waals surface area (Å²) in [6, 6.07) is 89.4. The van der Waals surface area contributed by atoms with Crippen LogP contribution in [0.4, 0.5) is 0 Å². The number of hydrogen-bond donors (Lipinski definition) is 0. The highest BCUT2D eigenvalue weighted by atomic mass is 15.0. The van der Waals surface area contributed by atoms with Crippen LogP contribution in [0, 0.1) is 0 Å². The Hall–Kier alpha value is -9.32. The summed E-state index contributed by atoms with van der Waals surface area (Å²) in [5.41, 5.74) is 17.2. The molecule has 0 amide bonds. The number of rotatable bonds is 7. The van der Waals surface area contributed by atoms with Crippen molar-refractivity contribution in [3.8, 4) is 62.1 Å². The van der Waals surface area contributed by atoms with Crippen molar-refractivity contribution < 1.29 is 0 Å².